The van der Waals surface area contributed by atoms with Crippen molar-refractivity contribution in [3.8, 4) is 0 Å². The Morgan fingerprint density at radius 3 is 2.43 bits per heavy atom. The van der Waals surface area contributed by atoms with Crippen molar-refractivity contribution in [1.29, 1.82) is 0 Å². The molecular formula is C7H11N3O3S. The molecule has 0 aromatic carbocycles. The van der Waals surface area contributed by atoms with E-state index in [1.807, 2.05) is 19.9 Å². The third-order valence-corrected chi connectivity index (χ3v) is 1.72. The SMILES string of the molecule is Cc1cc(C)nc(NCO[SH](=O)=O)n1. The van der Waals surface area contributed by atoms with Crippen LogP contribution in [0.4, 0.5) is 5.95 Å². The Morgan fingerprint density at radius 1 is 1.36 bits per heavy atom. The number of aromatic nitrogens is 2. The minimum atomic E-state index is -2.83. The zero-order valence-corrected chi connectivity index (χ0v) is 8.75. The van der Waals surface area contributed by atoms with Crippen LogP contribution >= 0.6 is 0 Å². The van der Waals surface area contributed by atoms with Gasteiger partial charge in [0.25, 0.3) is 11.0 Å². The van der Waals surface area contributed by atoms with Gasteiger partial charge in [0.1, 0.15) is 6.73 Å². The van der Waals surface area contributed by atoms with Gasteiger partial charge in [-0.3, -0.25) is 4.18 Å². The highest BCUT2D eigenvalue weighted by Crippen LogP contribution is 2.02. The van der Waals surface area contributed by atoms with E-state index in [9.17, 15) is 8.42 Å². The highest BCUT2D eigenvalue weighted by Gasteiger charge is 1.97. The predicted molar refractivity (Wildman–Crippen MR) is 51.4 cm³/mol. The van der Waals surface area contributed by atoms with Gasteiger partial charge in [-0.05, 0) is 19.9 Å². The van der Waals surface area contributed by atoms with Crippen LogP contribution in [0.1, 0.15) is 11.4 Å². The van der Waals surface area contributed by atoms with Crippen LogP contribution in [0.25, 0.3) is 0 Å². The Bertz CT molecular complexity index is 364. The standard InChI is InChI=1S/C7H11N3O3S/c1-5-3-6(2)10-7(9-5)8-4-13-14(11)12/h3,14H,4H2,1-2H3,(H,8,9,10). The molecule has 0 saturated carbocycles. The summed E-state index contributed by atoms with van der Waals surface area (Å²) in [6.07, 6.45) is 0. The number of rotatable bonds is 4. The number of nitrogens with one attached hydrogen (secondary N) is 1. The summed E-state index contributed by atoms with van der Waals surface area (Å²) in [6.45, 7) is 3.51. The molecule has 0 spiro atoms. The van der Waals surface area contributed by atoms with Crippen LogP contribution in [0.3, 0.4) is 0 Å². The first kappa shape index (κ1) is 10.9. The molecule has 0 radical (unpaired) electrons. The molecule has 0 unspecified atom stereocenters. The molecule has 1 N–H and O–H groups in total. The molecule has 0 bridgehead atoms. The molecule has 1 rings (SSSR count). The molecular weight excluding hydrogens is 206 g/mol. The Balaban J connectivity index is 2.58. The third-order valence-electron chi connectivity index (χ3n) is 1.38. The number of hydrogen-bond donors (Lipinski definition) is 2. The van der Waals surface area contributed by atoms with Crippen molar-refractivity contribution in [2.45, 2.75) is 13.8 Å². The molecule has 6 nitrogen and oxygen atoms in total. The average Bonchev–Trinajstić information content (AvgIpc) is 2.01. The van der Waals surface area contributed by atoms with Gasteiger partial charge >= 0.3 is 0 Å². The summed E-state index contributed by atoms with van der Waals surface area (Å²) < 4.78 is 24.4. The number of hydrogen-bond acceptors (Lipinski definition) is 6. The summed E-state index contributed by atoms with van der Waals surface area (Å²) in [5, 5.41) is 2.63. The highest BCUT2D eigenvalue weighted by molar-refractivity contribution is 7.67. The first-order chi connectivity index (χ1) is 6.58. The minimum absolute atomic E-state index is 0.151. The maximum absolute atomic E-state index is 10.1. The van der Waals surface area contributed by atoms with Crippen LogP contribution in [-0.2, 0) is 15.2 Å². The van der Waals surface area contributed by atoms with E-state index in [4.69, 9.17) is 0 Å². The van der Waals surface area contributed by atoms with Gasteiger partial charge < -0.3 is 5.32 Å². The van der Waals surface area contributed by atoms with Crippen LogP contribution in [0.2, 0.25) is 0 Å². The second-order valence-corrected chi connectivity index (χ2v) is 3.35. The lowest BCUT2D eigenvalue weighted by molar-refractivity contribution is 0.359. The summed E-state index contributed by atoms with van der Waals surface area (Å²) in [7, 11) is -2.83. The summed E-state index contributed by atoms with van der Waals surface area (Å²) in [4.78, 5) is 8.06. The first-order valence-corrected chi connectivity index (χ1v) is 5.01. The smallest absolute Gasteiger partial charge is 0.258 e. The molecule has 0 saturated heterocycles. The van der Waals surface area contributed by atoms with Gasteiger partial charge in [-0.1, -0.05) is 0 Å². The van der Waals surface area contributed by atoms with Crippen LogP contribution in [0, 0.1) is 13.8 Å². The zero-order valence-electron chi connectivity index (χ0n) is 7.85. The molecule has 0 aliphatic rings. The summed E-state index contributed by atoms with van der Waals surface area (Å²) in [5.74, 6) is 0.361. The van der Waals surface area contributed by atoms with E-state index in [1.165, 1.54) is 0 Å². The van der Waals surface area contributed by atoms with Gasteiger partial charge in [0.15, 0.2) is 0 Å². The van der Waals surface area contributed by atoms with Gasteiger partial charge in [-0.25, -0.2) is 18.4 Å². The third kappa shape index (κ3) is 3.67. The van der Waals surface area contributed by atoms with E-state index in [0.717, 1.165) is 11.4 Å². The molecule has 1 aromatic heterocycles. The second kappa shape index (κ2) is 4.87. The number of nitrogens with zero attached hydrogens (tertiary/aromatic N) is 2. The lowest BCUT2D eigenvalue weighted by Crippen LogP contribution is -2.09. The minimum Gasteiger partial charge on any atom is -0.330 e. The van der Waals surface area contributed by atoms with Crippen molar-refractivity contribution in [3.05, 3.63) is 17.5 Å². The van der Waals surface area contributed by atoms with Gasteiger partial charge in [0, 0.05) is 11.4 Å². The van der Waals surface area contributed by atoms with E-state index in [-0.39, 0.29) is 6.73 Å². The van der Waals surface area contributed by atoms with Gasteiger partial charge in [-0.2, -0.15) is 0 Å². The first-order valence-electron chi connectivity index (χ1n) is 3.91. The fraction of sp³-hybridized carbons (Fsp3) is 0.429. The van der Waals surface area contributed by atoms with Gasteiger partial charge in [0.05, 0.1) is 0 Å². The van der Waals surface area contributed by atoms with Crippen molar-refractivity contribution in [2.24, 2.45) is 0 Å². The predicted octanol–water partition coefficient (Wildman–Crippen LogP) is 0.00584. The zero-order chi connectivity index (χ0) is 10.6. The van der Waals surface area contributed by atoms with Crippen molar-refractivity contribution in [1.82, 2.24) is 9.97 Å². The summed E-state index contributed by atoms with van der Waals surface area (Å²) in [6, 6.07) is 1.82. The maximum atomic E-state index is 10.1. The summed E-state index contributed by atoms with van der Waals surface area (Å²) in [5.41, 5.74) is 1.62. The molecule has 0 fully saturated rings. The molecule has 0 amide bonds. The monoisotopic (exact) mass is 217 g/mol. The van der Waals surface area contributed by atoms with Crippen molar-refractivity contribution in [2.75, 3.05) is 12.0 Å². The lowest BCUT2D eigenvalue weighted by atomic mass is 10.4. The van der Waals surface area contributed by atoms with E-state index in [1.54, 1.807) is 0 Å². The number of anilines is 1. The molecule has 78 valence electrons. The van der Waals surface area contributed by atoms with Crippen molar-refractivity contribution < 1.29 is 12.6 Å². The van der Waals surface area contributed by atoms with Gasteiger partial charge in [0.2, 0.25) is 5.95 Å². The topological polar surface area (TPSA) is 81.2 Å². The van der Waals surface area contributed by atoms with Gasteiger partial charge in [-0.15, -0.1) is 0 Å². The van der Waals surface area contributed by atoms with Crippen LogP contribution < -0.4 is 5.32 Å². The average molecular weight is 217 g/mol. The van der Waals surface area contributed by atoms with Crippen LogP contribution in [0.15, 0.2) is 6.07 Å². The van der Waals surface area contributed by atoms with Crippen LogP contribution in [-0.4, -0.2) is 25.1 Å². The largest absolute Gasteiger partial charge is 0.330 e. The fourth-order valence-electron chi connectivity index (χ4n) is 0.955. The Hall–Kier alpha value is -1.21. The Labute approximate surface area is 83.5 Å². The van der Waals surface area contributed by atoms with E-state index < -0.39 is 11.0 Å². The molecule has 1 aromatic rings. The number of thiol groups is 1. The molecule has 0 aliphatic heterocycles. The Morgan fingerprint density at radius 2 is 1.93 bits per heavy atom. The normalized spacial score (nSPS) is 10.5. The molecule has 0 atom stereocenters. The van der Waals surface area contributed by atoms with Crippen molar-refractivity contribution >= 4 is 16.9 Å². The van der Waals surface area contributed by atoms with Crippen LogP contribution in [0.5, 0.6) is 0 Å². The Kier molecular flexibility index (Phi) is 3.78. The van der Waals surface area contributed by atoms with E-state index in [0.29, 0.717) is 5.95 Å². The second-order valence-electron chi connectivity index (χ2n) is 2.65. The van der Waals surface area contributed by atoms with Crippen molar-refractivity contribution in [3.63, 3.8) is 0 Å². The maximum Gasteiger partial charge on any atom is 0.258 e. The molecule has 14 heavy (non-hydrogen) atoms. The quantitative estimate of drug-likeness (QED) is 0.546. The molecule has 0 aliphatic carbocycles. The fourth-order valence-corrected chi connectivity index (χ4v) is 1.12. The lowest BCUT2D eigenvalue weighted by Gasteiger charge is -2.03. The molecule has 1 heterocycles. The van der Waals surface area contributed by atoms with E-state index >= 15 is 0 Å². The highest BCUT2D eigenvalue weighted by atomic mass is 32.2. The molecule has 7 heteroatoms. The number of aryl methyl sites for hydroxylation is 2. The summed E-state index contributed by atoms with van der Waals surface area (Å²) >= 11 is 0. The van der Waals surface area contributed by atoms with E-state index in [2.05, 4.69) is 19.5 Å².